The van der Waals surface area contributed by atoms with E-state index in [-0.39, 0.29) is 5.97 Å². The lowest BCUT2D eigenvalue weighted by atomic mass is 10.2. The Bertz CT molecular complexity index is 134. The highest BCUT2D eigenvalue weighted by atomic mass is 32.1. The molecule has 0 aliphatic carbocycles. The average molecular weight is 174 g/mol. The number of methoxy groups -OCH3 is 1. The molecular weight excluding hydrogens is 163 g/mol. The van der Waals surface area contributed by atoms with Gasteiger partial charge in [0, 0.05) is 6.54 Å². The van der Waals surface area contributed by atoms with Crippen molar-refractivity contribution in [1.82, 2.24) is 9.53 Å². The van der Waals surface area contributed by atoms with Crippen LogP contribution in [0, 0.1) is 0 Å². The van der Waals surface area contributed by atoms with Crippen LogP contribution in [0.4, 0.5) is 0 Å². The number of esters is 1. The highest BCUT2D eigenvalue weighted by Crippen LogP contribution is 1.99. The number of hydrogen-bond acceptors (Lipinski definition) is 5. The van der Waals surface area contributed by atoms with Gasteiger partial charge in [-0.2, -0.15) is 0 Å². The average Bonchev–Trinajstić information content (AvgIpc) is 1.98. The third-order valence-corrected chi connectivity index (χ3v) is 1.51. The number of nitrogens with zero attached hydrogens (tertiary/aromatic N) is 1. The highest BCUT2D eigenvalue weighted by molar-refractivity contribution is 7.77. The lowest BCUT2D eigenvalue weighted by molar-refractivity contribution is -0.144. The molecule has 0 aromatic rings. The Morgan fingerprint density at radius 2 is 2.45 bits per heavy atom. The Hall–Kier alpha value is -0.195. The van der Waals surface area contributed by atoms with Crippen molar-refractivity contribution in [2.45, 2.75) is 6.04 Å². The standard InChI is InChI=1S/C5H11BN2O2S/c1-8(11)4(3-7-6)5(9)10-2/h4,7,11H,3H2,1-2H3/t4-/m0/s1. The molecule has 0 rings (SSSR count). The SMILES string of the molecule is [B]NC[C@@H](C(=O)OC)N(C)S. The van der Waals surface area contributed by atoms with Gasteiger partial charge in [-0.3, -0.25) is 4.79 Å². The summed E-state index contributed by atoms with van der Waals surface area (Å²) in [6.45, 7) is 0.312. The van der Waals surface area contributed by atoms with E-state index in [1.165, 1.54) is 11.4 Å². The van der Waals surface area contributed by atoms with E-state index in [0.717, 1.165) is 0 Å². The van der Waals surface area contributed by atoms with Crippen LogP contribution in [0.3, 0.4) is 0 Å². The maximum absolute atomic E-state index is 10.9. The van der Waals surface area contributed by atoms with Gasteiger partial charge in [-0.05, 0) is 7.05 Å². The maximum atomic E-state index is 10.9. The van der Waals surface area contributed by atoms with Crippen LogP contribution in [-0.4, -0.2) is 45.0 Å². The Kier molecular flexibility index (Phi) is 5.36. The van der Waals surface area contributed by atoms with Gasteiger partial charge in [-0.15, -0.1) is 0 Å². The minimum Gasteiger partial charge on any atom is -0.468 e. The van der Waals surface area contributed by atoms with Crippen LogP contribution in [0.1, 0.15) is 0 Å². The van der Waals surface area contributed by atoms with Crippen molar-refractivity contribution in [3.63, 3.8) is 0 Å². The van der Waals surface area contributed by atoms with Gasteiger partial charge in [-0.1, -0.05) is 12.8 Å². The number of likely N-dealkylation sites (N-methyl/N-ethyl adjacent to an activating group) is 1. The molecule has 0 aliphatic rings. The Morgan fingerprint density at radius 3 is 2.73 bits per heavy atom. The van der Waals surface area contributed by atoms with Crippen LogP contribution in [-0.2, 0) is 9.53 Å². The molecule has 6 heteroatoms. The third-order valence-electron chi connectivity index (χ3n) is 1.24. The molecular formula is C5H11BN2O2S. The Balaban J connectivity index is 3.98. The van der Waals surface area contributed by atoms with E-state index in [0.29, 0.717) is 6.54 Å². The first-order valence-corrected chi connectivity index (χ1v) is 3.46. The zero-order valence-electron chi connectivity index (χ0n) is 6.57. The molecule has 1 N–H and O–H groups in total. The normalized spacial score (nSPS) is 13.1. The second kappa shape index (κ2) is 5.45. The predicted octanol–water partition coefficient (Wildman–Crippen LogP) is -1.02. The van der Waals surface area contributed by atoms with E-state index in [1.54, 1.807) is 7.05 Å². The van der Waals surface area contributed by atoms with E-state index in [2.05, 4.69) is 22.8 Å². The van der Waals surface area contributed by atoms with E-state index < -0.39 is 6.04 Å². The highest BCUT2D eigenvalue weighted by Gasteiger charge is 2.20. The molecule has 0 fully saturated rings. The topological polar surface area (TPSA) is 41.6 Å². The summed E-state index contributed by atoms with van der Waals surface area (Å²) in [6, 6.07) is -0.451. The fraction of sp³-hybridized carbons (Fsp3) is 0.800. The molecule has 11 heavy (non-hydrogen) atoms. The Labute approximate surface area is 73.2 Å². The monoisotopic (exact) mass is 174 g/mol. The van der Waals surface area contributed by atoms with Crippen molar-refractivity contribution in [3.8, 4) is 0 Å². The van der Waals surface area contributed by atoms with Gasteiger partial charge in [-0.25, -0.2) is 4.31 Å². The number of carbonyl (C=O) groups is 1. The van der Waals surface area contributed by atoms with Crippen LogP contribution in [0.2, 0.25) is 0 Å². The molecule has 4 nitrogen and oxygen atoms in total. The van der Waals surface area contributed by atoms with Gasteiger partial charge in [0.05, 0.1) is 7.11 Å². The van der Waals surface area contributed by atoms with Gasteiger partial charge in [0.1, 0.15) is 6.04 Å². The molecule has 0 bridgehead atoms. The first-order valence-electron chi connectivity index (χ1n) is 3.06. The molecule has 0 spiro atoms. The number of nitrogens with one attached hydrogen (secondary N) is 1. The van der Waals surface area contributed by atoms with Crippen molar-refractivity contribution in [2.75, 3.05) is 20.7 Å². The molecule has 62 valence electrons. The van der Waals surface area contributed by atoms with Crippen molar-refractivity contribution >= 4 is 26.8 Å². The zero-order valence-corrected chi connectivity index (χ0v) is 7.47. The molecule has 0 saturated carbocycles. The summed E-state index contributed by atoms with van der Waals surface area (Å²) in [7, 11) is 8.02. The van der Waals surface area contributed by atoms with Crippen molar-refractivity contribution in [2.24, 2.45) is 0 Å². The minimum absolute atomic E-state index is 0.312. The number of hydrogen-bond donors (Lipinski definition) is 2. The molecule has 0 unspecified atom stereocenters. The van der Waals surface area contributed by atoms with E-state index in [1.807, 2.05) is 0 Å². The summed E-state index contributed by atoms with van der Waals surface area (Å²) < 4.78 is 5.94. The van der Waals surface area contributed by atoms with Crippen molar-refractivity contribution < 1.29 is 9.53 Å². The quantitative estimate of drug-likeness (QED) is 0.325. The summed E-state index contributed by atoms with van der Waals surface area (Å²) in [5.41, 5.74) is 0. The van der Waals surface area contributed by atoms with Crippen molar-refractivity contribution in [3.05, 3.63) is 0 Å². The summed E-state index contributed by atoms with van der Waals surface area (Å²) in [5, 5.41) is 2.37. The molecule has 0 aromatic carbocycles. The molecule has 0 amide bonds. The lowest BCUT2D eigenvalue weighted by Crippen LogP contribution is -2.41. The van der Waals surface area contributed by atoms with Gasteiger partial charge >= 0.3 is 5.97 Å². The maximum Gasteiger partial charge on any atom is 0.325 e. The van der Waals surface area contributed by atoms with E-state index in [4.69, 9.17) is 7.98 Å². The smallest absolute Gasteiger partial charge is 0.325 e. The first-order chi connectivity index (χ1) is 5.13. The molecule has 2 radical (unpaired) electrons. The van der Waals surface area contributed by atoms with Crippen LogP contribution < -0.4 is 5.23 Å². The summed E-state index contributed by atoms with van der Waals surface area (Å²) in [5.74, 6) is -0.361. The third kappa shape index (κ3) is 3.64. The summed E-state index contributed by atoms with van der Waals surface area (Å²) >= 11 is 3.96. The van der Waals surface area contributed by atoms with Crippen LogP contribution in [0.25, 0.3) is 0 Å². The van der Waals surface area contributed by atoms with Gasteiger partial charge < -0.3 is 9.96 Å². The number of thiol groups is 1. The second-order valence-electron chi connectivity index (χ2n) is 2.02. The molecule has 0 saturated heterocycles. The number of rotatable bonds is 4. The fourth-order valence-electron chi connectivity index (χ4n) is 0.616. The van der Waals surface area contributed by atoms with Crippen molar-refractivity contribution in [1.29, 1.82) is 0 Å². The van der Waals surface area contributed by atoms with Gasteiger partial charge in [0.15, 0.2) is 7.98 Å². The Morgan fingerprint density at radius 1 is 1.91 bits per heavy atom. The van der Waals surface area contributed by atoms with Gasteiger partial charge in [0.2, 0.25) is 0 Å². The molecule has 0 aromatic heterocycles. The van der Waals surface area contributed by atoms with Crippen LogP contribution >= 0.6 is 12.8 Å². The molecule has 0 heterocycles. The fourth-order valence-corrected chi connectivity index (χ4v) is 0.792. The summed E-state index contributed by atoms with van der Waals surface area (Å²) in [6.07, 6.45) is 0. The van der Waals surface area contributed by atoms with E-state index in [9.17, 15) is 4.79 Å². The first kappa shape index (κ1) is 10.8. The number of carbonyl (C=O) groups excluding carboxylic acids is 1. The second-order valence-corrected chi connectivity index (χ2v) is 2.65. The largest absolute Gasteiger partial charge is 0.468 e. The predicted molar refractivity (Wildman–Crippen MR) is 46.3 cm³/mol. The van der Waals surface area contributed by atoms with E-state index >= 15 is 0 Å². The summed E-state index contributed by atoms with van der Waals surface area (Å²) in [4.78, 5) is 10.9. The van der Waals surface area contributed by atoms with Gasteiger partial charge in [0.25, 0.3) is 0 Å². The van der Waals surface area contributed by atoms with Crippen LogP contribution in [0.15, 0.2) is 0 Å². The number of ether oxygens (including phenoxy) is 1. The van der Waals surface area contributed by atoms with Crippen LogP contribution in [0.5, 0.6) is 0 Å². The zero-order chi connectivity index (χ0) is 8.85. The molecule has 1 atom stereocenters. The molecule has 0 aliphatic heterocycles. The minimum atomic E-state index is -0.451. The lowest BCUT2D eigenvalue weighted by Gasteiger charge is -2.19.